The van der Waals surface area contributed by atoms with Crippen molar-refractivity contribution in [2.75, 3.05) is 42.9 Å². The standard InChI is InChI=1S/C14H19N3O2/c1-2-16-5-7-17(8-6-16)10-3-4-11-12(9-10)15-14(19)13(11)18/h3-4,9,13,18H,2,5-8H2,1H3,(H,15,19). The molecule has 102 valence electrons. The number of piperazine rings is 1. The van der Waals surface area contributed by atoms with Crippen LogP contribution in [0.4, 0.5) is 11.4 Å². The van der Waals surface area contributed by atoms with Crippen LogP contribution in [0.3, 0.4) is 0 Å². The molecule has 19 heavy (non-hydrogen) atoms. The fourth-order valence-electron chi connectivity index (χ4n) is 2.75. The van der Waals surface area contributed by atoms with Crippen molar-refractivity contribution in [3.63, 3.8) is 0 Å². The number of carbonyl (C=O) groups is 1. The van der Waals surface area contributed by atoms with Crippen molar-refractivity contribution in [2.24, 2.45) is 0 Å². The van der Waals surface area contributed by atoms with E-state index in [1.165, 1.54) is 0 Å². The molecule has 1 fully saturated rings. The Bertz CT molecular complexity index is 495. The van der Waals surface area contributed by atoms with Gasteiger partial charge in [0.25, 0.3) is 5.91 Å². The summed E-state index contributed by atoms with van der Waals surface area (Å²) in [6, 6.07) is 5.80. The molecular formula is C14H19N3O2. The van der Waals surface area contributed by atoms with Gasteiger partial charge in [-0.25, -0.2) is 0 Å². The first kappa shape index (κ1) is 12.4. The van der Waals surface area contributed by atoms with Gasteiger partial charge in [0, 0.05) is 43.1 Å². The average Bonchev–Trinajstić information content (AvgIpc) is 2.74. The van der Waals surface area contributed by atoms with Crippen molar-refractivity contribution >= 4 is 17.3 Å². The van der Waals surface area contributed by atoms with E-state index in [9.17, 15) is 9.90 Å². The zero-order chi connectivity index (χ0) is 13.4. The van der Waals surface area contributed by atoms with E-state index in [1.54, 1.807) is 0 Å². The van der Waals surface area contributed by atoms with Gasteiger partial charge < -0.3 is 20.2 Å². The van der Waals surface area contributed by atoms with Gasteiger partial charge in [-0.05, 0) is 18.7 Å². The van der Waals surface area contributed by atoms with Crippen LogP contribution in [-0.2, 0) is 4.79 Å². The molecule has 0 radical (unpaired) electrons. The molecule has 5 nitrogen and oxygen atoms in total. The van der Waals surface area contributed by atoms with E-state index in [1.807, 2.05) is 18.2 Å². The third-order valence-electron chi connectivity index (χ3n) is 4.02. The summed E-state index contributed by atoms with van der Waals surface area (Å²) in [6.45, 7) is 7.43. The first-order chi connectivity index (χ1) is 9.19. The first-order valence-corrected chi connectivity index (χ1v) is 6.79. The fourth-order valence-corrected chi connectivity index (χ4v) is 2.75. The summed E-state index contributed by atoms with van der Waals surface area (Å²) in [4.78, 5) is 16.2. The molecule has 2 aliphatic heterocycles. The van der Waals surface area contributed by atoms with E-state index in [0.29, 0.717) is 5.56 Å². The molecule has 1 saturated heterocycles. The highest BCUT2D eigenvalue weighted by atomic mass is 16.3. The Kier molecular flexibility index (Phi) is 3.16. The van der Waals surface area contributed by atoms with Crippen LogP contribution in [0.5, 0.6) is 0 Å². The highest BCUT2D eigenvalue weighted by Gasteiger charge is 2.29. The molecule has 2 N–H and O–H groups in total. The molecule has 1 aromatic carbocycles. The van der Waals surface area contributed by atoms with Crippen LogP contribution < -0.4 is 10.2 Å². The van der Waals surface area contributed by atoms with Crippen molar-refractivity contribution in [3.8, 4) is 0 Å². The highest BCUT2D eigenvalue weighted by molar-refractivity contribution is 6.02. The summed E-state index contributed by atoms with van der Waals surface area (Å²) in [7, 11) is 0. The van der Waals surface area contributed by atoms with Gasteiger partial charge in [0.15, 0.2) is 6.10 Å². The first-order valence-electron chi connectivity index (χ1n) is 6.79. The van der Waals surface area contributed by atoms with Crippen LogP contribution in [0.2, 0.25) is 0 Å². The largest absolute Gasteiger partial charge is 0.378 e. The van der Waals surface area contributed by atoms with E-state index in [-0.39, 0.29) is 5.91 Å². The van der Waals surface area contributed by atoms with Crippen LogP contribution in [0.25, 0.3) is 0 Å². The minimum absolute atomic E-state index is 0.331. The van der Waals surface area contributed by atoms with Crippen LogP contribution in [0.1, 0.15) is 18.6 Å². The number of anilines is 2. The minimum atomic E-state index is -1.01. The van der Waals surface area contributed by atoms with Crippen molar-refractivity contribution in [2.45, 2.75) is 13.0 Å². The zero-order valence-electron chi connectivity index (χ0n) is 11.1. The maximum absolute atomic E-state index is 11.4. The fraction of sp³-hybridized carbons (Fsp3) is 0.500. The third kappa shape index (κ3) is 2.19. The monoisotopic (exact) mass is 261 g/mol. The van der Waals surface area contributed by atoms with E-state index in [2.05, 4.69) is 22.0 Å². The molecule has 0 saturated carbocycles. The number of nitrogens with one attached hydrogen (secondary N) is 1. The van der Waals surface area contributed by atoms with Crippen molar-refractivity contribution < 1.29 is 9.90 Å². The number of hydrogen-bond acceptors (Lipinski definition) is 4. The van der Waals surface area contributed by atoms with Gasteiger partial charge in [0.2, 0.25) is 0 Å². The van der Waals surface area contributed by atoms with Gasteiger partial charge in [-0.2, -0.15) is 0 Å². The second-order valence-electron chi connectivity index (χ2n) is 5.08. The summed E-state index contributed by atoms with van der Waals surface area (Å²) in [5.41, 5.74) is 2.54. The zero-order valence-corrected chi connectivity index (χ0v) is 11.1. The molecule has 1 atom stereocenters. The highest BCUT2D eigenvalue weighted by Crippen LogP contribution is 2.34. The number of hydrogen-bond donors (Lipinski definition) is 2. The number of nitrogens with zero attached hydrogens (tertiary/aromatic N) is 2. The molecule has 3 rings (SSSR count). The number of benzene rings is 1. The number of carbonyl (C=O) groups excluding carboxylic acids is 1. The Morgan fingerprint density at radius 1 is 1.32 bits per heavy atom. The number of rotatable bonds is 2. The predicted molar refractivity (Wildman–Crippen MR) is 74.4 cm³/mol. The number of aliphatic hydroxyl groups excluding tert-OH is 1. The molecule has 2 heterocycles. The molecule has 0 aliphatic carbocycles. The number of aliphatic hydroxyl groups is 1. The van der Waals surface area contributed by atoms with E-state index >= 15 is 0 Å². The van der Waals surface area contributed by atoms with Gasteiger partial charge in [0.1, 0.15) is 0 Å². The Balaban J connectivity index is 1.77. The second kappa shape index (κ2) is 4.83. The molecule has 2 aliphatic rings. The van der Waals surface area contributed by atoms with Crippen LogP contribution >= 0.6 is 0 Å². The lowest BCUT2D eigenvalue weighted by molar-refractivity contribution is -0.123. The molecule has 0 spiro atoms. The quantitative estimate of drug-likeness (QED) is 0.827. The molecule has 0 aromatic heterocycles. The van der Waals surface area contributed by atoms with E-state index < -0.39 is 6.10 Å². The SMILES string of the molecule is CCN1CCN(c2ccc3c(c2)NC(=O)C3O)CC1. The number of likely N-dealkylation sites (N-methyl/N-ethyl adjacent to an activating group) is 1. The Morgan fingerprint density at radius 2 is 2.05 bits per heavy atom. The van der Waals surface area contributed by atoms with Crippen molar-refractivity contribution in [3.05, 3.63) is 23.8 Å². The lowest BCUT2D eigenvalue weighted by atomic mass is 10.1. The number of amides is 1. The smallest absolute Gasteiger partial charge is 0.257 e. The van der Waals surface area contributed by atoms with E-state index in [4.69, 9.17) is 0 Å². The molecule has 1 unspecified atom stereocenters. The Hall–Kier alpha value is -1.59. The minimum Gasteiger partial charge on any atom is -0.378 e. The second-order valence-corrected chi connectivity index (χ2v) is 5.08. The van der Waals surface area contributed by atoms with Crippen LogP contribution in [-0.4, -0.2) is 48.6 Å². The number of fused-ring (bicyclic) bond motifs is 1. The van der Waals surface area contributed by atoms with Gasteiger partial charge in [-0.15, -0.1) is 0 Å². The Labute approximate surface area is 112 Å². The van der Waals surface area contributed by atoms with Crippen molar-refractivity contribution in [1.82, 2.24) is 4.90 Å². The topological polar surface area (TPSA) is 55.8 Å². The summed E-state index contributed by atoms with van der Waals surface area (Å²) >= 11 is 0. The molecule has 1 amide bonds. The molecule has 0 bridgehead atoms. The summed E-state index contributed by atoms with van der Waals surface area (Å²) in [6.07, 6.45) is -1.01. The van der Waals surface area contributed by atoms with Crippen LogP contribution in [0.15, 0.2) is 18.2 Å². The summed E-state index contributed by atoms with van der Waals surface area (Å²) in [5.74, 6) is -0.331. The Morgan fingerprint density at radius 3 is 2.74 bits per heavy atom. The average molecular weight is 261 g/mol. The summed E-state index contributed by atoms with van der Waals surface area (Å²) < 4.78 is 0. The van der Waals surface area contributed by atoms with E-state index in [0.717, 1.165) is 44.1 Å². The lowest BCUT2D eigenvalue weighted by Crippen LogP contribution is -2.46. The normalized spacial score (nSPS) is 23.4. The predicted octanol–water partition coefficient (Wildman–Crippen LogP) is 0.814. The lowest BCUT2D eigenvalue weighted by Gasteiger charge is -2.35. The summed E-state index contributed by atoms with van der Waals surface area (Å²) in [5, 5.41) is 12.4. The molecule has 1 aromatic rings. The van der Waals surface area contributed by atoms with Gasteiger partial charge in [-0.1, -0.05) is 13.0 Å². The maximum atomic E-state index is 11.4. The van der Waals surface area contributed by atoms with Gasteiger partial charge in [-0.3, -0.25) is 4.79 Å². The van der Waals surface area contributed by atoms with Gasteiger partial charge in [0.05, 0.1) is 0 Å². The molecular weight excluding hydrogens is 242 g/mol. The third-order valence-corrected chi connectivity index (χ3v) is 4.02. The van der Waals surface area contributed by atoms with Crippen LogP contribution in [0, 0.1) is 0 Å². The maximum Gasteiger partial charge on any atom is 0.257 e. The van der Waals surface area contributed by atoms with Gasteiger partial charge >= 0.3 is 0 Å². The van der Waals surface area contributed by atoms with Crippen molar-refractivity contribution in [1.29, 1.82) is 0 Å². The molecule has 5 heteroatoms.